The van der Waals surface area contributed by atoms with Gasteiger partial charge in [0.25, 0.3) is 0 Å². The Hall–Kier alpha value is -3.46. The van der Waals surface area contributed by atoms with Crippen LogP contribution < -0.4 is 10.9 Å². The average Bonchev–Trinajstić information content (AvgIpc) is 3.35. The van der Waals surface area contributed by atoms with Gasteiger partial charge >= 0.3 is 11.6 Å². The molecule has 0 aliphatic heterocycles. The molecular formula is C24H24N2O6S. The van der Waals surface area contributed by atoms with Crippen LogP contribution in [0.4, 0.5) is 5.13 Å². The number of nitrogens with one attached hydrogen (secondary N) is 1. The number of rotatable bonds is 5. The van der Waals surface area contributed by atoms with Gasteiger partial charge < -0.3 is 18.9 Å². The fraction of sp³-hybridized carbons (Fsp3) is 0.333. The van der Waals surface area contributed by atoms with Crippen molar-refractivity contribution in [2.45, 2.75) is 46.0 Å². The molecule has 4 aromatic rings. The molecule has 8 nitrogen and oxygen atoms in total. The van der Waals surface area contributed by atoms with E-state index in [1.54, 1.807) is 17.7 Å². The molecule has 1 N–H and O–H groups in total. The third-order valence-corrected chi connectivity index (χ3v) is 6.28. The van der Waals surface area contributed by atoms with E-state index >= 15 is 0 Å². The summed E-state index contributed by atoms with van der Waals surface area (Å²) in [4.78, 5) is 40.9. The molecule has 0 radical (unpaired) electrons. The number of aromatic nitrogens is 1. The molecule has 0 fully saturated rings. The zero-order chi connectivity index (χ0) is 23.9. The Labute approximate surface area is 193 Å². The van der Waals surface area contributed by atoms with Gasteiger partial charge in [-0.25, -0.2) is 9.78 Å². The van der Waals surface area contributed by atoms with Crippen molar-refractivity contribution in [1.82, 2.24) is 4.98 Å². The van der Waals surface area contributed by atoms with Crippen LogP contribution in [-0.2, 0) is 32.6 Å². The number of fused-ring (bicyclic) bond motifs is 2. The second-order valence-electron chi connectivity index (χ2n) is 8.86. The first-order chi connectivity index (χ1) is 15.6. The van der Waals surface area contributed by atoms with E-state index < -0.39 is 17.5 Å². The predicted molar refractivity (Wildman–Crippen MR) is 126 cm³/mol. The third kappa shape index (κ3) is 4.54. The number of methoxy groups -OCH3 is 1. The van der Waals surface area contributed by atoms with Gasteiger partial charge in [-0.15, -0.1) is 11.3 Å². The van der Waals surface area contributed by atoms with E-state index in [4.69, 9.17) is 8.83 Å². The summed E-state index contributed by atoms with van der Waals surface area (Å²) in [6.07, 6.45) is 1.59. The Morgan fingerprint density at radius 3 is 2.61 bits per heavy atom. The summed E-state index contributed by atoms with van der Waals surface area (Å²) in [5, 5.41) is 6.40. The molecule has 0 aliphatic rings. The predicted octanol–water partition coefficient (Wildman–Crippen LogP) is 4.50. The van der Waals surface area contributed by atoms with E-state index in [1.165, 1.54) is 18.4 Å². The maximum absolute atomic E-state index is 12.7. The van der Waals surface area contributed by atoms with Crippen LogP contribution in [0.15, 0.2) is 37.4 Å². The topological polar surface area (TPSA) is 112 Å². The molecule has 1 aromatic carbocycles. The van der Waals surface area contributed by atoms with Crippen molar-refractivity contribution >= 4 is 50.3 Å². The lowest BCUT2D eigenvalue weighted by Crippen LogP contribution is -2.20. The molecule has 33 heavy (non-hydrogen) atoms. The number of carbonyl (C=O) groups is 2. The first-order valence-corrected chi connectivity index (χ1v) is 11.2. The molecule has 3 heterocycles. The van der Waals surface area contributed by atoms with Crippen molar-refractivity contribution in [3.63, 3.8) is 0 Å². The van der Waals surface area contributed by atoms with Gasteiger partial charge in [0, 0.05) is 27.8 Å². The zero-order valence-electron chi connectivity index (χ0n) is 19.0. The minimum Gasteiger partial charge on any atom is -0.469 e. The van der Waals surface area contributed by atoms with Crippen molar-refractivity contribution < 1.29 is 23.2 Å². The quantitative estimate of drug-likeness (QED) is 0.339. The largest absolute Gasteiger partial charge is 0.469 e. The van der Waals surface area contributed by atoms with Crippen molar-refractivity contribution in [3.8, 4) is 0 Å². The number of furan rings is 1. The van der Waals surface area contributed by atoms with Gasteiger partial charge in [-0.1, -0.05) is 20.8 Å². The number of benzene rings is 1. The van der Waals surface area contributed by atoms with Crippen molar-refractivity contribution in [1.29, 1.82) is 0 Å². The molecule has 3 aromatic heterocycles. The molecule has 0 unspecified atom stereocenters. The van der Waals surface area contributed by atoms with E-state index in [0.717, 1.165) is 16.3 Å². The first-order valence-electron chi connectivity index (χ1n) is 10.4. The van der Waals surface area contributed by atoms with Crippen molar-refractivity contribution in [2.75, 3.05) is 12.4 Å². The molecule has 0 bridgehead atoms. The number of anilines is 1. The van der Waals surface area contributed by atoms with Crippen LogP contribution in [0.3, 0.4) is 0 Å². The number of thiazole rings is 1. The highest BCUT2D eigenvalue weighted by Crippen LogP contribution is 2.35. The van der Waals surface area contributed by atoms with Gasteiger partial charge in [-0.05, 0) is 24.0 Å². The molecule has 1 amide bonds. The number of amides is 1. The van der Waals surface area contributed by atoms with Crippen LogP contribution in [0, 0.1) is 6.92 Å². The van der Waals surface area contributed by atoms with E-state index in [-0.39, 0.29) is 23.8 Å². The number of hydrogen-bond donors (Lipinski definition) is 1. The van der Waals surface area contributed by atoms with Gasteiger partial charge in [-0.2, -0.15) is 0 Å². The number of aryl methyl sites for hydroxylation is 1. The van der Waals surface area contributed by atoms with Crippen LogP contribution in [0.1, 0.15) is 43.2 Å². The Balaban J connectivity index is 1.63. The Kier molecular flexibility index (Phi) is 5.84. The zero-order valence-corrected chi connectivity index (χ0v) is 19.8. The molecule has 0 saturated carbocycles. The van der Waals surface area contributed by atoms with E-state index in [9.17, 15) is 14.4 Å². The van der Waals surface area contributed by atoms with Crippen LogP contribution in [0.5, 0.6) is 0 Å². The monoisotopic (exact) mass is 468 g/mol. The van der Waals surface area contributed by atoms with E-state index in [2.05, 4.69) is 35.8 Å². The number of nitrogens with zero attached hydrogens (tertiary/aromatic N) is 1. The minimum absolute atomic E-state index is 0.0231. The summed E-state index contributed by atoms with van der Waals surface area (Å²) < 4.78 is 15.8. The van der Waals surface area contributed by atoms with Gasteiger partial charge in [0.05, 0.1) is 37.5 Å². The van der Waals surface area contributed by atoms with Gasteiger partial charge in [0.2, 0.25) is 5.91 Å². The van der Waals surface area contributed by atoms with Gasteiger partial charge in [-0.3, -0.25) is 9.59 Å². The molecule has 9 heteroatoms. The summed E-state index contributed by atoms with van der Waals surface area (Å²) in [6, 6.07) is 3.67. The lowest BCUT2D eigenvalue weighted by atomic mass is 9.86. The molecule has 4 rings (SSSR count). The maximum Gasteiger partial charge on any atom is 0.340 e. The van der Waals surface area contributed by atoms with Crippen LogP contribution in [-0.4, -0.2) is 24.0 Å². The highest BCUT2D eigenvalue weighted by Gasteiger charge is 2.22. The fourth-order valence-corrected chi connectivity index (χ4v) is 4.41. The van der Waals surface area contributed by atoms with Crippen LogP contribution in [0.2, 0.25) is 0 Å². The fourth-order valence-electron chi connectivity index (χ4n) is 3.68. The number of ether oxygens (including phenoxy) is 1. The molecule has 172 valence electrons. The molecular weight excluding hydrogens is 444 g/mol. The average molecular weight is 469 g/mol. The lowest BCUT2D eigenvalue weighted by molar-refractivity contribution is -0.139. The molecule has 0 saturated heterocycles. The Morgan fingerprint density at radius 1 is 1.15 bits per heavy atom. The normalized spacial score (nSPS) is 11.8. The van der Waals surface area contributed by atoms with Gasteiger partial charge in [0.1, 0.15) is 11.2 Å². The molecule has 0 spiro atoms. The highest BCUT2D eigenvalue weighted by atomic mass is 32.1. The Morgan fingerprint density at radius 2 is 1.91 bits per heavy atom. The lowest BCUT2D eigenvalue weighted by Gasteiger charge is -2.16. The second kappa shape index (κ2) is 8.47. The summed E-state index contributed by atoms with van der Waals surface area (Å²) in [5.74, 6) is -0.813. The maximum atomic E-state index is 12.7. The van der Waals surface area contributed by atoms with E-state index in [1.807, 2.05) is 13.0 Å². The van der Waals surface area contributed by atoms with Crippen LogP contribution >= 0.6 is 11.3 Å². The number of hydrogen-bond acceptors (Lipinski definition) is 8. The molecule has 0 atom stereocenters. The Bertz CT molecular complexity index is 1440. The first kappa shape index (κ1) is 22.7. The number of carbonyl (C=O) groups excluding carboxylic acids is 2. The minimum atomic E-state index is -0.567. The molecule has 0 aliphatic carbocycles. The summed E-state index contributed by atoms with van der Waals surface area (Å²) in [5.41, 5.74) is 2.89. The second-order valence-corrected chi connectivity index (χ2v) is 9.72. The van der Waals surface area contributed by atoms with Crippen LogP contribution in [0.25, 0.3) is 21.9 Å². The summed E-state index contributed by atoms with van der Waals surface area (Å²) in [7, 11) is 1.30. The summed E-state index contributed by atoms with van der Waals surface area (Å²) in [6.45, 7) is 8.11. The highest BCUT2D eigenvalue weighted by molar-refractivity contribution is 7.13. The third-order valence-electron chi connectivity index (χ3n) is 5.48. The summed E-state index contributed by atoms with van der Waals surface area (Å²) >= 11 is 1.20. The smallest absolute Gasteiger partial charge is 0.340 e. The number of esters is 1. The van der Waals surface area contributed by atoms with Gasteiger partial charge in [0.15, 0.2) is 5.13 Å². The van der Waals surface area contributed by atoms with Crippen molar-refractivity contribution in [2.24, 2.45) is 0 Å². The van der Waals surface area contributed by atoms with Crippen molar-refractivity contribution in [3.05, 3.63) is 56.6 Å². The standard InChI is InChI=1S/C24H24N2O6S/c1-12-14-7-16-17(24(2,3)4)10-31-18(16)9-19(14)32-22(29)15(12)8-20(27)26-23-25-13(11-33-23)6-21(28)30-5/h7,9-11H,6,8H2,1-5H3,(H,25,26,27). The van der Waals surface area contributed by atoms with E-state index in [0.29, 0.717) is 27.6 Å². The SMILES string of the molecule is COC(=O)Cc1csc(NC(=O)Cc2c(C)c3cc4c(C(C)(C)C)coc4cc3oc2=O)n1.